The van der Waals surface area contributed by atoms with Crippen LogP contribution in [0.25, 0.3) is 0 Å². The first-order valence-electron chi connectivity index (χ1n) is 6.93. The maximum atomic E-state index is 13.4. The molecule has 5 heteroatoms. The Morgan fingerprint density at radius 2 is 1.95 bits per heavy atom. The smallest absolute Gasteiger partial charge is 0.252 e. The first-order valence-corrected chi connectivity index (χ1v) is 7.31. The van der Waals surface area contributed by atoms with E-state index < -0.39 is 0 Å². The normalized spacial score (nSPS) is 12.2. The van der Waals surface area contributed by atoms with Gasteiger partial charge in [-0.3, -0.25) is 4.79 Å². The predicted molar refractivity (Wildman–Crippen MR) is 86.6 cm³/mol. The minimum Gasteiger partial charge on any atom is -0.350 e. The van der Waals surface area contributed by atoms with Crippen molar-refractivity contribution < 1.29 is 9.18 Å². The van der Waals surface area contributed by atoms with Crippen LogP contribution in [0, 0.1) is 5.82 Å². The van der Waals surface area contributed by atoms with E-state index in [1.807, 2.05) is 25.1 Å². The van der Waals surface area contributed by atoms with Gasteiger partial charge in [-0.05, 0) is 43.9 Å². The quantitative estimate of drug-likeness (QED) is 0.914. The highest BCUT2D eigenvalue weighted by Crippen LogP contribution is 2.19. The van der Waals surface area contributed by atoms with Crippen LogP contribution in [0.1, 0.15) is 22.0 Å². The molecule has 22 heavy (non-hydrogen) atoms. The highest BCUT2D eigenvalue weighted by molar-refractivity contribution is 6.33. The van der Waals surface area contributed by atoms with Crippen LogP contribution in [-0.4, -0.2) is 31.4 Å². The van der Waals surface area contributed by atoms with Crippen molar-refractivity contribution in [2.24, 2.45) is 0 Å². The van der Waals surface area contributed by atoms with E-state index in [0.29, 0.717) is 17.1 Å². The predicted octanol–water partition coefficient (Wildman–Crippen LogP) is 3.51. The van der Waals surface area contributed by atoms with E-state index in [9.17, 15) is 9.18 Å². The molecule has 0 fully saturated rings. The topological polar surface area (TPSA) is 32.3 Å². The van der Waals surface area contributed by atoms with E-state index in [-0.39, 0.29) is 17.8 Å². The summed E-state index contributed by atoms with van der Waals surface area (Å²) in [5.41, 5.74) is 1.24. The molecule has 0 saturated heterocycles. The van der Waals surface area contributed by atoms with Crippen LogP contribution in [0.5, 0.6) is 0 Å². The van der Waals surface area contributed by atoms with Gasteiger partial charge in [-0.25, -0.2) is 4.39 Å². The zero-order valence-corrected chi connectivity index (χ0v) is 13.3. The van der Waals surface area contributed by atoms with Gasteiger partial charge in [0.25, 0.3) is 5.91 Å². The van der Waals surface area contributed by atoms with Crippen molar-refractivity contribution in [1.29, 1.82) is 0 Å². The van der Waals surface area contributed by atoms with E-state index in [0.717, 1.165) is 5.56 Å². The highest BCUT2D eigenvalue weighted by atomic mass is 35.5. The Balaban J connectivity index is 2.10. The Hall–Kier alpha value is -1.91. The zero-order valence-electron chi connectivity index (χ0n) is 12.5. The summed E-state index contributed by atoms with van der Waals surface area (Å²) < 4.78 is 13.4. The van der Waals surface area contributed by atoms with Crippen LogP contribution >= 0.6 is 11.6 Å². The van der Waals surface area contributed by atoms with Gasteiger partial charge in [0.1, 0.15) is 5.82 Å². The average Bonchev–Trinajstić information content (AvgIpc) is 2.47. The summed E-state index contributed by atoms with van der Waals surface area (Å²) in [4.78, 5) is 14.1. The molecule has 0 spiro atoms. The van der Waals surface area contributed by atoms with Crippen LogP contribution in [0.4, 0.5) is 4.39 Å². The molecule has 0 aliphatic rings. The van der Waals surface area contributed by atoms with E-state index in [4.69, 9.17) is 11.6 Å². The lowest BCUT2D eigenvalue weighted by Crippen LogP contribution is -2.34. The van der Waals surface area contributed by atoms with Gasteiger partial charge >= 0.3 is 0 Å². The molecule has 0 aliphatic heterocycles. The minimum atomic E-state index is -0.290. The van der Waals surface area contributed by atoms with Crippen LogP contribution in [-0.2, 0) is 0 Å². The molecule has 2 rings (SSSR count). The lowest BCUT2D eigenvalue weighted by molar-refractivity contribution is 0.0942. The van der Waals surface area contributed by atoms with Gasteiger partial charge in [0.15, 0.2) is 0 Å². The summed E-state index contributed by atoms with van der Waals surface area (Å²) >= 11 is 6.01. The Labute approximate surface area is 134 Å². The summed E-state index contributed by atoms with van der Waals surface area (Å²) in [5.74, 6) is -0.532. The van der Waals surface area contributed by atoms with Crippen LogP contribution in [0.2, 0.25) is 5.02 Å². The average molecular weight is 321 g/mol. The summed E-state index contributed by atoms with van der Waals surface area (Å²) in [6, 6.07) is 13.1. The number of hydrogen-bond donors (Lipinski definition) is 1. The molecule has 1 N–H and O–H groups in total. The highest BCUT2D eigenvalue weighted by Gasteiger charge is 2.17. The van der Waals surface area contributed by atoms with Crippen molar-refractivity contribution >= 4 is 17.5 Å². The van der Waals surface area contributed by atoms with Crippen molar-refractivity contribution in [3.63, 3.8) is 0 Å². The number of likely N-dealkylation sites (N-methyl/N-ethyl adjacent to an activating group) is 1. The molecule has 0 bridgehead atoms. The summed E-state index contributed by atoms with van der Waals surface area (Å²) in [5, 5.41) is 3.26. The van der Waals surface area contributed by atoms with Gasteiger partial charge < -0.3 is 10.2 Å². The number of nitrogens with one attached hydrogen (secondary N) is 1. The molecule has 2 aromatic rings. The number of nitrogens with zero attached hydrogens (tertiary/aromatic N) is 1. The fourth-order valence-electron chi connectivity index (χ4n) is 2.24. The van der Waals surface area contributed by atoms with Gasteiger partial charge in [0.05, 0.1) is 16.6 Å². The molecule has 1 atom stereocenters. The number of amides is 1. The second-order valence-corrected chi connectivity index (χ2v) is 5.63. The molecule has 0 saturated carbocycles. The number of halogens is 2. The first-order chi connectivity index (χ1) is 10.5. The van der Waals surface area contributed by atoms with Crippen molar-refractivity contribution in [3.8, 4) is 0 Å². The van der Waals surface area contributed by atoms with Gasteiger partial charge in [-0.1, -0.05) is 35.9 Å². The van der Waals surface area contributed by atoms with Crippen LogP contribution in [0.3, 0.4) is 0 Å². The molecular formula is C17H18ClFN2O. The van der Waals surface area contributed by atoms with Crippen molar-refractivity contribution in [2.75, 3.05) is 20.6 Å². The zero-order chi connectivity index (χ0) is 16.1. The molecule has 2 aromatic carbocycles. The van der Waals surface area contributed by atoms with E-state index in [2.05, 4.69) is 5.32 Å². The molecule has 0 radical (unpaired) electrons. The molecule has 0 heterocycles. The lowest BCUT2D eigenvalue weighted by Gasteiger charge is -2.25. The summed E-state index contributed by atoms with van der Waals surface area (Å²) in [6.45, 7) is 0.362. The Morgan fingerprint density at radius 3 is 2.59 bits per heavy atom. The minimum absolute atomic E-state index is 0.123. The molecule has 0 aliphatic carbocycles. The third kappa shape index (κ3) is 4.06. The fraction of sp³-hybridized carbons (Fsp3) is 0.235. The monoisotopic (exact) mass is 320 g/mol. The summed E-state index contributed by atoms with van der Waals surface area (Å²) in [7, 11) is 3.77. The number of rotatable bonds is 5. The maximum absolute atomic E-state index is 13.4. The third-order valence-electron chi connectivity index (χ3n) is 3.43. The maximum Gasteiger partial charge on any atom is 0.252 e. The number of carbonyl (C=O) groups excluding carboxylic acids is 1. The Bertz CT molecular complexity index is 661. The standard InChI is InChI=1S/C17H18ClFN2O/c1-21(2)16(12-6-5-7-13(19)10-12)11-20-17(22)14-8-3-4-9-15(14)18/h3-10,16H,11H2,1-2H3,(H,20,22)/t16-/m0/s1. The fourth-order valence-corrected chi connectivity index (χ4v) is 2.46. The van der Waals surface area contributed by atoms with Crippen molar-refractivity contribution in [3.05, 3.63) is 70.5 Å². The molecule has 0 unspecified atom stereocenters. The SMILES string of the molecule is CN(C)[C@@H](CNC(=O)c1ccccc1Cl)c1cccc(F)c1. The van der Waals surface area contributed by atoms with Gasteiger partial charge in [0, 0.05) is 6.54 Å². The molecule has 116 valence electrons. The van der Waals surface area contributed by atoms with Gasteiger partial charge in [0.2, 0.25) is 0 Å². The Kier molecular flexibility index (Phi) is 5.52. The second-order valence-electron chi connectivity index (χ2n) is 5.22. The van der Waals surface area contributed by atoms with Crippen molar-refractivity contribution in [1.82, 2.24) is 10.2 Å². The second kappa shape index (κ2) is 7.38. The first kappa shape index (κ1) is 16.5. The number of carbonyl (C=O) groups is 1. The van der Waals surface area contributed by atoms with Gasteiger partial charge in [-0.15, -0.1) is 0 Å². The van der Waals surface area contributed by atoms with Crippen LogP contribution in [0.15, 0.2) is 48.5 Å². The third-order valence-corrected chi connectivity index (χ3v) is 3.76. The lowest BCUT2D eigenvalue weighted by atomic mass is 10.1. The van der Waals surface area contributed by atoms with Crippen LogP contribution < -0.4 is 5.32 Å². The number of benzene rings is 2. The number of hydrogen-bond acceptors (Lipinski definition) is 2. The molecular weight excluding hydrogens is 303 g/mol. The molecule has 0 aromatic heterocycles. The van der Waals surface area contributed by atoms with Gasteiger partial charge in [-0.2, -0.15) is 0 Å². The molecule has 3 nitrogen and oxygen atoms in total. The van der Waals surface area contributed by atoms with E-state index in [1.54, 1.807) is 30.3 Å². The van der Waals surface area contributed by atoms with E-state index >= 15 is 0 Å². The van der Waals surface area contributed by atoms with E-state index in [1.165, 1.54) is 12.1 Å². The molecule has 1 amide bonds. The van der Waals surface area contributed by atoms with Crippen molar-refractivity contribution in [2.45, 2.75) is 6.04 Å². The largest absolute Gasteiger partial charge is 0.350 e. The summed E-state index contributed by atoms with van der Waals surface area (Å²) in [6.07, 6.45) is 0. The Morgan fingerprint density at radius 1 is 1.23 bits per heavy atom.